The molecule has 0 radical (unpaired) electrons. The van der Waals surface area contributed by atoms with Crippen LogP contribution < -0.4 is 16.8 Å². The number of carbonyl (C=O) groups is 1. The van der Waals surface area contributed by atoms with Crippen molar-refractivity contribution in [1.82, 2.24) is 15.1 Å². The Morgan fingerprint density at radius 2 is 2.00 bits per heavy atom. The van der Waals surface area contributed by atoms with Crippen molar-refractivity contribution in [1.29, 1.82) is 0 Å². The second kappa shape index (κ2) is 6.67. The van der Waals surface area contributed by atoms with Gasteiger partial charge in [0.2, 0.25) is 0 Å². The van der Waals surface area contributed by atoms with E-state index >= 15 is 0 Å². The second-order valence-corrected chi connectivity index (χ2v) is 5.44. The predicted octanol–water partition coefficient (Wildman–Crippen LogP) is 0.667. The fraction of sp³-hybridized carbons (Fsp3) is 0.333. The number of hydrogen-bond donors (Lipinski definition) is 4. The number of rotatable bonds is 5. The third kappa shape index (κ3) is 3.61. The molecule has 1 aliphatic rings. The first-order chi connectivity index (χ1) is 11.1. The third-order valence-electron chi connectivity index (χ3n) is 3.77. The summed E-state index contributed by atoms with van der Waals surface area (Å²) >= 11 is 0. The molecular formula is C15H20N6O2. The fourth-order valence-corrected chi connectivity index (χ4v) is 2.54. The minimum Gasteiger partial charge on any atom is -0.383 e. The maximum absolute atomic E-state index is 11.4. The SMILES string of the molecule is NC(=O)c1c(Nc2ccc(CN3CCOCC3)cc2)n[nH]c1N. The molecule has 3 rings (SSSR count). The maximum Gasteiger partial charge on any atom is 0.256 e. The zero-order valence-corrected chi connectivity index (χ0v) is 12.7. The lowest BCUT2D eigenvalue weighted by atomic mass is 10.2. The molecule has 0 atom stereocenters. The highest BCUT2D eigenvalue weighted by molar-refractivity contribution is 6.02. The number of aromatic amines is 1. The van der Waals surface area contributed by atoms with Crippen molar-refractivity contribution in [3.63, 3.8) is 0 Å². The van der Waals surface area contributed by atoms with Gasteiger partial charge in [-0.3, -0.25) is 14.8 Å². The number of carbonyl (C=O) groups excluding carboxylic acids is 1. The van der Waals surface area contributed by atoms with E-state index in [4.69, 9.17) is 16.2 Å². The number of morpholine rings is 1. The normalized spacial score (nSPS) is 15.5. The average Bonchev–Trinajstić information content (AvgIpc) is 2.91. The van der Waals surface area contributed by atoms with Gasteiger partial charge in [-0.05, 0) is 17.7 Å². The number of amides is 1. The van der Waals surface area contributed by atoms with E-state index in [0.717, 1.165) is 38.5 Å². The molecule has 2 aromatic rings. The average molecular weight is 316 g/mol. The molecule has 0 unspecified atom stereocenters. The van der Waals surface area contributed by atoms with Crippen LogP contribution in [0.15, 0.2) is 24.3 Å². The van der Waals surface area contributed by atoms with E-state index in [0.29, 0.717) is 5.82 Å². The molecule has 2 heterocycles. The Bertz CT molecular complexity index is 676. The molecular weight excluding hydrogens is 296 g/mol. The summed E-state index contributed by atoms with van der Waals surface area (Å²) in [5.41, 5.74) is 13.2. The van der Waals surface area contributed by atoms with E-state index in [1.807, 2.05) is 24.3 Å². The number of nitrogens with zero attached hydrogens (tertiary/aromatic N) is 2. The van der Waals surface area contributed by atoms with E-state index < -0.39 is 5.91 Å². The number of primary amides is 1. The number of ether oxygens (including phenoxy) is 1. The number of hydrogen-bond acceptors (Lipinski definition) is 6. The van der Waals surface area contributed by atoms with Crippen molar-refractivity contribution in [2.75, 3.05) is 37.4 Å². The summed E-state index contributed by atoms with van der Waals surface area (Å²) in [6.45, 7) is 4.38. The maximum atomic E-state index is 11.4. The van der Waals surface area contributed by atoms with Crippen LogP contribution in [0.25, 0.3) is 0 Å². The Balaban J connectivity index is 1.67. The van der Waals surface area contributed by atoms with Gasteiger partial charge in [-0.25, -0.2) is 0 Å². The lowest BCUT2D eigenvalue weighted by molar-refractivity contribution is 0.0342. The molecule has 1 amide bonds. The van der Waals surface area contributed by atoms with Crippen LogP contribution >= 0.6 is 0 Å². The Hall–Kier alpha value is -2.58. The van der Waals surface area contributed by atoms with Crippen molar-refractivity contribution in [2.45, 2.75) is 6.54 Å². The largest absolute Gasteiger partial charge is 0.383 e. The van der Waals surface area contributed by atoms with Gasteiger partial charge in [0.25, 0.3) is 5.91 Å². The summed E-state index contributed by atoms with van der Waals surface area (Å²) in [6, 6.07) is 7.95. The summed E-state index contributed by atoms with van der Waals surface area (Å²) in [6.07, 6.45) is 0. The number of H-pyrrole nitrogens is 1. The molecule has 1 aromatic heterocycles. The molecule has 122 valence electrons. The van der Waals surface area contributed by atoms with Gasteiger partial charge in [0.1, 0.15) is 11.4 Å². The van der Waals surface area contributed by atoms with Crippen LogP contribution in [-0.2, 0) is 11.3 Å². The molecule has 1 aliphatic heterocycles. The minimum absolute atomic E-state index is 0.156. The van der Waals surface area contributed by atoms with Gasteiger partial charge in [-0.15, -0.1) is 0 Å². The molecule has 1 saturated heterocycles. The highest BCUT2D eigenvalue weighted by Gasteiger charge is 2.16. The van der Waals surface area contributed by atoms with Gasteiger partial charge in [-0.2, -0.15) is 5.10 Å². The number of anilines is 3. The van der Waals surface area contributed by atoms with Crippen molar-refractivity contribution < 1.29 is 9.53 Å². The molecule has 6 N–H and O–H groups in total. The fourth-order valence-electron chi connectivity index (χ4n) is 2.54. The lowest BCUT2D eigenvalue weighted by Crippen LogP contribution is -2.35. The Morgan fingerprint density at radius 3 is 2.65 bits per heavy atom. The number of aromatic nitrogens is 2. The number of benzene rings is 1. The first kappa shape index (κ1) is 15.3. The topological polar surface area (TPSA) is 122 Å². The standard InChI is InChI=1S/C15H20N6O2/c16-13-12(14(17)22)15(20-19-13)18-11-3-1-10(2-4-11)9-21-5-7-23-8-6-21/h1-4H,5-9H2,(H2,17,22)(H4,16,18,19,20). The first-order valence-corrected chi connectivity index (χ1v) is 7.43. The molecule has 1 fully saturated rings. The second-order valence-electron chi connectivity index (χ2n) is 5.44. The van der Waals surface area contributed by atoms with E-state index in [1.54, 1.807) is 0 Å². The molecule has 8 heteroatoms. The Labute approximate surface area is 133 Å². The van der Waals surface area contributed by atoms with E-state index in [1.165, 1.54) is 5.56 Å². The molecule has 1 aromatic carbocycles. The zero-order chi connectivity index (χ0) is 16.2. The van der Waals surface area contributed by atoms with Crippen LogP contribution in [0.2, 0.25) is 0 Å². The molecule has 0 spiro atoms. The van der Waals surface area contributed by atoms with Gasteiger partial charge in [-0.1, -0.05) is 12.1 Å². The monoisotopic (exact) mass is 316 g/mol. The number of nitrogens with two attached hydrogens (primary N) is 2. The molecule has 0 bridgehead atoms. The molecule has 8 nitrogen and oxygen atoms in total. The van der Waals surface area contributed by atoms with Gasteiger partial charge in [0.15, 0.2) is 5.82 Å². The first-order valence-electron chi connectivity index (χ1n) is 7.43. The Morgan fingerprint density at radius 1 is 1.30 bits per heavy atom. The van der Waals surface area contributed by atoms with Crippen molar-refractivity contribution in [3.8, 4) is 0 Å². The van der Waals surface area contributed by atoms with Crippen LogP contribution in [-0.4, -0.2) is 47.3 Å². The van der Waals surface area contributed by atoms with Crippen LogP contribution in [0.5, 0.6) is 0 Å². The quantitative estimate of drug-likeness (QED) is 0.643. The third-order valence-corrected chi connectivity index (χ3v) is 3.77. The van der Waals surface area contributed by atoms with Crippen molar-refractivity contribution in [2.24, 2.45) is 5.73 Å². The van der Waals surface area contributed by atoms with Crippen LogP contribution in [0.3, 0.4) is 0 Å². The van der Waals surface area contributed by atoms with E-state index in [2.05, 4.69) is 20.4 Å². The number of nitrogen functional groups attached to an aromatic ring is 1. The predicted molar refractivity (Wildman–Crippen MR) is 87.3 cm³/mol. The minimum atomic E-state index is -0.623. The summed E-state index contributed by atoms with van der Waals surface area (Å²) in [5, 5.41) is 9.56. The molecule has 0 aliphatic carbocycles. The summed E-state index contributed by atoms with van der Waals surface area (Å²) < 4.78 is 5.35. The van der Waals surface area contributed by atoms with E-state index in [-0.39, 0.29) is 11.4 Å². The van der Waals surface area contributed by atoms with Crippen LogP contribution in [0.4, 0.5) is 17.3 Å². The summed E-state index contributed by atoms with van der Waals surface area (Å²) in [5.74, 6) is -0.137. The summed E-state index contributed by atoms with van der Waals surface area (Å²) in [4.78, 5) is 13.7. The van der Waals surface area contributed by atoms with Crippen molar-refractivity contribution >= 4 is 23.2 Å². The lowest BCUT2D eigenvalue weighted by Gasteiger charge is -2.26. The zero-order valence-electron chi connectivity index (χ0n) is 12.7. The number of nitrogens with one attached hydrogen (secondary N) is 2. The van der Waals surface area contributed by atoms with Gasteiger partial charge in [0.05, 0.1) is 13.2 Å². The smallest absolute Gasteiger partial charge is 0.256 e. The van der Waals surface area contributed by atoms with E-state index in [9.17, 15) is 4.79 Å². The summed E-state index contributed by atoms with van der Waals surface area (Å²) in [7, 11) is 0. The van der Waals surface area contributed by atoms with Crippen LogP contribution in [0, 0.1) is 0 Å². The molecule has 0 saturated carbocycles. The van der Waals surface area contributed by atoms with Crippen molar-refractivity contribution in [3.05, 3.63) is 35.4 Å². The van der Waals surface area contributed by atoms with Gasteiger partial charge in [0, 0.05) is 25.3 Å². The highest BCUT2D eigenvalue weighted by atomic mass is 16.5. The van der Waals surface area contributed by atoms with Gasteiger partial charge >= 0.3 is 0 Å². The van der Waals surface area contributed by atoms with Crippen LogP contribution in [0.1, 0.15) is 15.9 Å². The molecule has 23 heavy (non-hydrogen) atoms. The van der Waals surface area contributed by atoms with Gasteiger partial charge < -0.3 is 21.5 Å². The Kier molecular flexibility index (Phi) is 4.45. The highest BCUT2D eigenvalue weighted by Crippen LogP contribution is 2.22.